The van der Waals surface area contributed by atoms with Crippen LogP contribution in [0.1, 0.15) is 38.5 Å². The first-order valence-electron chi connectivity index (χ1n) is 10.5. The second kappa shape index (κ2) is 10.1. The molecule has 0 atom stereocenters. The first kappa shape index (κ1) is 21.6. The van der Waals surface area contributed by atoms with Crippen molar-refractivity contribution < 1.29 is 19.0 Å². The maximum absolute atomic E-state index is 13.5. The quantitative estimate of drug-likeness (QED) is 0.415. The Balaban J connectivity index is 1.66. The fraction of sp³-hybridized carbons (Fsp3) is 0.391. The van der Waals surface area contributed by atoms with Crippen molar-refractivity contribution in [3.8, 4) is 11.5 Å². The number of hydrogen-bond acceptors (Lipinski definition) is 6. The predicted molar refractivity (Wildman–Crippen MR) is 119 cm³/mol. The molecular formula is C23H25ClFN3O3. The standard InChI is InChI=1S/C23H25ClFN3O3/c24-18-11-15(7-8-19(18)25)28-23-17-12-21(30-10-4-3-9-29)22(13-20(17)26-14-27-23)31-16-5-1-2-6-16/h7-8,11-14,16,29H,1-6,9-10H2,(H,26,27,28). The highest BCUT2D eigenvalue weighted by molar-refractivity contribution is 6.31. The summed E-state index contributed by atoms with van der Waals surface area (Å²) in [7, 11) is 0. The summed E-state index contributed by atoms with van der Waals surface area (Å²) in [6.45, 7) is 0.603. The summed E-state index contributed by atoms with van der Waals surface area (Å²) in [5.74, 6) is 1.36. The fourth-order valence-electron chi connectivity index (χ4n) is 3.66. The van der Waals surface area contributed by atoms with Gasteiger partial charge in [-0.15, -0.1) is 0 Å². The predicted octanol–water partition coefficient (Wildman–Crippen LogP) is 5.64. The minimum Gasteiger partial charge on any atom is -0.490 e. The molecule has 1 saturated carbocycles. The molecule has 1 aromatic heterocycles. The molecule has 0 radical (unpaired) electrons. The van der Waals surface area contributed by atoms with Crippen LogP contribution in [-0.4, -0.2) is 34.4 Å². The fourth-order valence-corrected chi connectivity index (χ4v) is 3.84. The van der Waals surface area contributed by atoms with Crippen LogP contribution in [0.4, 0.5) is 15.9 Å². The van der Waals surface area contributed by atoms with Crippen LogP contribution in [-0.2, 0) is 0 Å². The summed E-state index contributed by atoms with van der Waals surface area (Å²) in [4.78, 5) is 8.74. The molecule has 1 aliphatic carbocycles. The summed E-state index contributed by atoms with van der Waals surface area (Å²) in [5.41, 5.74) is 1.32. The van der Waals surface area contributed by atoms with Gasteiger partial charge in [0, 0.05) is 23.7 Å². The van der Waals surface area contributed by atoms with Gasteiger partial charge in [-0.3, -0.25) is 0 Å². The van der Waals surface area contributed by atoms with Crippen LogP contribution < -0.4 is 14.8 Å². The number of anilines is 2. The van der Waals surface area contributed by atoms with Crippen molar-refractivity contribution >= 4 is 34.0 Å². The number of benzene rings is 2. The molecule has 0 unspecified atom stereocenters. The van der Waals surface area contributed by atoms with E-state index in [1.54, 1.807) is 6.07 Å². The number of nitrogens with zero attached hydrogens (tertiary/aromatic N) is 2. The average Bonchev–Trinajstić information content (AvgIpc) is 3.27. The lowest BCUT2D eigenvalue weighted by atomic mass is 10.2. The third kappa shape index (κ3) is 5.35. The molecule has 6 nitrogen and oxygen atoms in total. The van der Waals surface area contributed by atoms with Crippen LogP contribution in [0.2, 0.25) is 5.02 Å². The van der Waals surface area contributed by atoms with E-state index in [1.807, 2.05) is 12.1 Å². The lowest BCUT2D eigenvalue weighted by Crippen LogP contribution is -2.12. The molecule has 4 rings (SSSR count). The third-order valence-electron chi connectivity index (χ3n) is 5.29. The third-order valence-corrected chi connectivity index (χ3v) is 5.58. The van der Waals surface area contributed by atoms with Gasteiger partial charge in [-0.05, 0) is 62.8 Å². The van der Waals surface area contributed by atoms with E-state index >= 15 is 0 Å². The molecule has 2 aromatic carbocycles. The summed E-state index contributed by atoms with van der Waals surface area (Å²) in [5, 5.41) is 13.0. The van der Waals surface area contributed by atoms with Gasteiger partial charge in [-0.1, -0.05) is 11.6 Å². The van der Waals surface area contributed by atoms with Crippen LogP contribution in [0.5, 0.6) is 11.5 Å². The summed E-state index contributed by atoms with van der Waals surface area (Å²) in [6.07, 6.45) is 7.46. The van der Waals surface area contributed by atoms with Crippen molar-refractivity contribution in [3.63, 3.8) is 0 Å². The van der Waals surface area contributed by atoms with Gasteiger partial charge in [0.25, 0.3) is 0 Å². The van der Waals surface area contributed by atoms with Crippen molar-refractivity contribution in [2.24, 2.45) is 0 Å². The molecular weight excluding hydrogens is 421 g/mol. The Labute approximate surface area is 185 Å². The zero-order chi connectivity index (χ0) is 21.6. The number of unbranched alkanes of at least 4 members (excludes halogenated alkanes) is 1. The zero-order valence-corrected chi connectivity index (χ0v) is 17.9. The van der Waals surface area contributed by atoms with Gasteiger partial charge in [0.05, 0.1) is 23.3 Å². The van der Waals surface area contributed by atoms with E-state index < -0.39 is 5.82 Å². The molecule has 8 heteroatoms. The largest absolute Gasteiger partial charge is 0.490 e. The van der Waals surface area contributed by atoms with E-state index in [0.717, 1.165) is 24.6 Å². The minimum absolute atomic E-state index is 0.0310. The van der Waals surface area contributed by atoms with Gasteiger partial charge in [-0.2, -0.15) is 0 Å². The monoisotopic (exact) mass is 445 g/mol. The van der Waals surface area contributed by atoms with Crippen LogP contribution in [0.25, 0.3) is 10.9 Å². The molecule has 164 valence electrons. The molecule has 31 heavy (non-hydrogen) atoms. The second-order valence-corrected chi connectivity index (χ2v) is 8.00. The Morgan fingerprint density at radius 3 is 2.71 bits per heavy atom. The van der Waals surface area contributed by atoms with Crippen LogP contribution in [0.3, 0.4) is 0 Å². The van der Waals surface area contributed by atoms with Crippen molar-refractivity contribution in [1.29, 1.82) is 0 Å². The summed E-state index contributed by atoms with van der Waals surface area (Å²) >= 11 is 5.91. The lowest BCUT2D eigenvalue weighted by molar-refractivity contribution is 0.193. The van der Waals surface area contributed by atoms with Crippen molar-refractivity contribution in [2.75, 3.05) is 18.5 Å². The highest BCUT2D eigenvalue weighted by atomic mass is 35.5. The number of halogens is 2. The van der Waals surface area contributed by atoms with E-state index in [1.165, 1.54) is 31.3 Å². The van der Waals surface area contributed by atoms with Crippen LogP contribution in [0, 0.1) is 5.82 Å². The Hall–Kier alpha value is -2.64. The van der Waals surface area contributed by atoms with Gasteiger partial charge in [0.1, 0.15) is 18.0 Å². The highest BCUT2D eigenvalue weighted by Crippen LogP contribution is 2.37. The molecule has 3 aromatic rings. The molecule has 0 spiro atoms. The highest BCUT2D eigenvalue weighted by Gasteiger charge is 2.20. The van der Waals surface area contributed by atoms with E-state index in [4.69, 9.17) is 26.2 Å². The maximum Gasteiger partial charge on any atom is 0.163 e. The Morgan fingerprint density at radius 1 is 1.10 bits per heavy atom. The summed E-state index contributed by atoms with van der Waals surface area (Å²) < 4.78 is 25.7. The normalized spacial score (nSPS) is 14.2. The number of aliphatic hydroxyl groups is 1. The molecule has 0 bridgehead atoms. The van der Waals surface area contributed by atoms with Crippen molar-refractivity contribution in [2.45, 2.75) is 44.6 Å². The van der Waals surface area contributed by atoms with Gasteiger partial charge >= 0.3 is 0 Å². The minimum atomic E-state index is -0.480. The molecule has 1 fully saturated rings. The lowest BCUT2D eigenvalue weighted by Gasteiger charge is -2.18. The molecule has 0 amide bonds. The van der Waals surface area contributed by atoms with E-state index in [2.05, 4.69) is 15.3 Å². The van der Waals surface area contributed by atoms with Crippen molar-refractivity contribution in [1.82, 2.24) is 9.97 Å². The summed E-state index contributed by atoms with van der Waals surface area (Å²) in [6, 6.07) is 8.15. The number of rotatable bonds is 9. The Bertz CT molecular complexity index is 1040. The Kier molecular flexibility index (Phi) is 7.04. The van der Waals surface area contributed by atoms with Crippen molar-refractivity contribution in [3.05, 3.63) is 47.5 Å². The first-order valence-corrected chi connectivity index (χ1v) is 10.9. The molecule has 0 saturated heterocycles. The molecule has 0 aliphatic heterocycles. The van der Waals surface area contributed by atoms with Gasteiger partial charge in [0.15, 0.2) is 11.5 Å². The number of aromatic nitrogens is 2. The number of aliphatic hydroxyl groups excluding tert-OH is 1. The SMILES string of the molecule is OCCCCOc1cc2c(Nc3ccc(F)c(Cl)c3)ncnc2cc1OC1CCCC1. The average molecular weight is 446 g/mol. The van der Waals surface area contributed by atoms with E-state index in [9.17, 15) is 4.39 Å². The second-order valence-electron chi connectivity index (χ2n) is 7.60. The molecule has 1 heterocycles. The number of hydrogen-bond donors (Lipinski definition) is 2. The zero-order valence-electron chi connectivity index (χ0n) is 17.1. The van der Waals surface area contributed by atoms with E-state index in [-0.39, 0.29) is 17.7 Å². The van der Waals surface area contributed by atoms with Crippen LogP contribution >= 0.6 is 11.6 Å². The number of ether oxygens (including phenoxy) is 2. The Morgan fingerprint density at radius 2 is 1.94 bits per heavy atom. The van der Waals surface area contributed by atoms with Gasteiger partial charge in [0.2, 0.25) is 0 Å². The molecule has 1 aliphatic rings. The maximum atomic E-state index is 13.5. The molecule has 2 N–H and O–H groups in total. The van der Waals surface area contributed by atoms with Gasteiger partial charge < -0.3 is 19.9 Å². The smallest absolute Gasteiger partial charge is 0.163 e. The van der Waals surface area contributed by atoms with E-state index in [0.29, 0.717) is 41.5 Å². The number of nitrogens with one attached hydrogen (secondary N) is 1. The van der Waals surface area contributed by atoms with Gasteiger partial charge in [-0.25, -0.2) is 14.4 Å². The number of fused-ring (bicyclic) bond motifs is 1. The van der Waals surface area contributed by atoms with Crippen LogP contribution in [0.15, 0.2) is 36.7 Å². The first-order chi connectivity index (χ1) is 15.1. The topological polar surface area (TPSA) is 76.5 Å².